The summed E-state index contributed by atoms with van der Waals surface area (Å²) in [6.45, 7) is 6.13. The number of halogens is 2. The SMILES string of the molecule is CCOc1cc(CC2NCC23CC(N)C3)cc(OCC)c1-c1ccc(F)cc1.Cl. The zero-order chi connectivity index (χ0) is 19.7. The number of benzene rings is 2. The summed E-state index contributed by atoms with van der Waals surface area (Å²) < 4.78 is 25.4. The molecule has 1 heterocycles. The van der Waals surface area contributed by atoms with Crippen LogP contribution in [0.1, 0.15) is 32.3 Å². The van der Waals surface area contributed by atoms with Gasteiger partial charge in [0.1, 0.15) is 17.3 Å². The summed E-state index contributed by atoms with van der Waals surface area (Å²) in [5.74, 6) is 1.32. The van der Waals surface area contributed by atoms with Gasteiger partial charge in [0.25, 0.3) is 0 Å². The molecule has 2 aromatic carbocycles. The molecular formula is C23H30ClFN2O2. The highest BCUT2D eigenvalue weighted by Crippen LogP contribution is 2.49. The summed E-state index contributed by atoms with van der Waals surface area (Å²) in [5.41, 5.74) is 9.38. The minimum absolute atomic E-state index is 0. The Bertz CT molecular complexity index is 810. The third-order valence-electron chi connectivity index (χ3n) is 6.08. The molecule has 1 saturated heterocycles. The van der Waals surface area contributed by atoms with Gasteiger partial charge in [0.15, 0.2) is 0 Å². The third kappa shape index (κ3) is 4.23. The molecule has 1 aliphatic heterocycles. The molecule has 2 aliphatic rings. The molecular weight excluding hydrogens is 391 g/mol. The normalized spacial score (nSPS) is 25.0. The van der Waals surface area contributed by atoms with Gasteiger partial charge < -0.3 is 20.5 Å². The van der Waals surface area contributed by atoms with E-state index in [1.165, 1.54) is 17.7 Å². The van der Waals surface area contributed by atoms with E-state index in [1.54, 1.807) is 12.1 Å². The molecule has 1 saturated carbocycles. The Morgan fingerprint density at radius 2 is 1.66 bits per heavy atom. The maximum atomic E-state index is 13.4. The fourth-order valence-corrected chi connectivity index (χ4v) is 4.67. The van der Waals surface area contributed by atoms with Gasteiger partial charge in [-0.1, -0.05) is 12.1 Å². The molecule has 1 unspecified atom stereocenters. The lowest BCUT2D eigenvalue weighted by Crippen LogP contribution is -2.70. The van der Waals surface area contributed by atoms with Crippen LogP contribution < -0.4 is 20.5 Å². The van der Waals surface area contributed by atoms with Crippen molar-refractivity contribution in [3.8, 4) is 22.6 Å². The predicted octanol–water partition coefficient (Wildman–Crippen LogP) is 4.33. The highest BCUT2D eigenvalue weighted by molar-refractivity contribution is 5.85. The lowest BCUT2D eigenvalue weighted by Gasteiger charge is -2.59. The first kappa shape index (κ1) is 21.9. The van der Waals surface area contributed by atoms with Crippen LogP contribution in [-0.4, -0.2) is 31.8 Å². The first-order valence-electron chi connectivity index (χ1n) is 10.2. The van der Waals surface area contributed by atoms with Gasteiger partial charge in [-0.25, -0.2) is 4.39 Å². The van der Waals surface area contributed by atoms with Gasteiger partial charge in [0.2, 0.25) is 0 Å². The van der Waals surface area contributed by atoms with Crippen molar-refractivity contribution >= 4 is 12.4 Å². The standard InChI is InChI=1S/C23H29FN2O2.ClH/c1-3-27-19-9-15(11-21-23(14-26-21)12-18(25)13-23)10-20(28-4-2)22(19)16-5-7-17(24)8-6-16;/h5-10,18,21,26H,3-4,11-14,25H2,1-2H3;1H. The molecule has 0 aromatic heterocycles. The topological polar surface area (TPSA) is 56.5 Å². The maximum absolute atomic E-state index is 13.4. The molecule has 0 bridgehead atoms. The highest BCUT2D eigenvalue weighted by atomic mass is 35.5. The Kier molecular flexibility index (Phi) is 6.72. The number of hydrogen-bond donors (Lipinski definition) is 2. The maximum Gasteiger partial charge on any atom is 0.131 e. The van der Waals surface area contributed by atoms with Crippen LogP contribution in [0.15, 0.2) is 36.4 Å². The number of nitrogens with two attached hydrogens (primary N) is 1. The van der Waals surface area contributed by atoms with E-state index < -0.39 is 0 Å². The second-order valence-electron chi connectivity index (χ2n) is 8.01. The van der Waals surface area contributed by atoms with Gasteiger partial charge in [-0.2, -0.15) is 0 Å². The molecule has 4 rings (SSSR count). The Hall–Kier alpha value is -1.82. The summed E-state index contributed by atoms with van der Waals surface area (Å²) in [5, 5.41) is 3.58. The lowest BCUT2D eigenvalue weighted by molar-refractivity contribution is -0.0197. The van der Waals surface area contributed by atoms with Crippen molar-refractivity contribution < 1.29 is 13.9 Å². The minimum atomic E-state index is -0.253. The van der Waals surface area contributed by atoms with Crippen molar-refractivity contribution in [2.45, 2.75) is 45.2 Å². The van der Waals surface area contributed by atoms with Crippen LogP contribution >= 0.6 is 12.4 Å². The number of ether oxygens (including phenoxy) is 2. The number of rotatable bonds is 7. The van der Waals surface area contributed by atoms with Crippen LogP contribution in [0.3, 0.4) is 0 Å². The Labute approximate surface area is 178 Å². The molecule has 158 valence electrons. The molecule has 4 nitrogen and oxygen atoms in total. The Morgan fingerprint density at radius 3 is 2.10 bits per heavy atom. The van der Waals surface area contributed by atoms with E-state index >= 15 is 0 Å². The minimum Gasteiger partial charge on any atom is -0.493 e. The summed E-state index contributed by atoms with van der Waals surface area (Å²) in [7, 11) is 0. The van der Waals surface area contributed by atoms with Crippen LogP contribution in [0.5, 0.6) is 11.5 Å². The van der Waals surface area contributed by atoms with Gasteiger partial charge in [0, 0.05) is 24.0 Å². The fourth-order valence-electron chi connectivity index (χ4n) is 4.67. The first-order valence-corrected chi connectivity index (χ1v) is 10.2. The van der Waals surface area contributed by atoms with Crippen LogP contribution in [0, 0.1) is 11.2 Å². The molecule has 1 spiro atoms. The molecule has 0 amide bonds. The monoisotopic (exact) mass is 420 g/mol. The van der Waals surface area contributed by atoms with Crippen molar-refractivity contribution in [3.63, 3.8) is 0 Å². The van der Waals surface area contributed by atoms with Crippen LogP contribution in [0.4, 0.5) is 4.39 Å². The zero-order valence-electron chi connectivity index (χ0n) is 17.0. The number of hydrogen-bond acceptors (Lipinski definition) is 4. The van der Waals surface area contributed by atoms with Crippen molar-refractivity contribution in [2.75, 3.05) is 19.8 Å². The van der Waals surface area contributed by atoms with E-state index in [4.69, 9.17) is 15.2 Å². The number of nitrogens with one attached hydrogen (secondary N) is 1. The molecule has 3 N–H and O–H groups in total. The molecule has 6 heteroatoms. The Balaban J connectivity index is 0.00000240. The van der Waals surface area contributed by atoms with E-state index in [0.717, 1.165) is 48.4 Å². The molecule has 1 atom stereocenters. The predicted molar refractivity (Wildman–Crippen MR) is 117 cm³/mol. The lowest BCUT2D eigenvalue weighted by atomic mass is 9.56. The summed E-state index contributed by atoms with van der Waals surface area (Å²) in [6.07, 6.45) is 3.14. The van der Waals surface area contributed by atoms with Crippen molar-refractivity contribution in [1.82, 2.24) is 5.32 Å². The van der Waals surface area contributed by atoms with E-state index in [9.17, 15) is 4.39 Å². The van der Waals surface area contributed by atoms with Crippen LogP contribution in [0.2, 0.25) is 0 Å². The van der Waals surface area contributed by atoms with Crippen molar-refractivity contribution in [3.05, 3.63) is 47.8 Å². The van der Waals surface area contributed by atoms with Gasteiger partial charge in [0.05, 0.1) is 18.8 Å². The average Bonchev–Trinajstić information content (AvgIpc) is 2.64. The zero-order valence-corrected chi connectivity index (χ0v) is 17.9. The highest BCUT2D eigenvalue weighted by Gasteiger charge is 2.53. The van der Waals surface area contributed by atoms with Crippen LogP contribution in [0.25, 0.3) is 11.1 Å². The second-order valence-corrected chi connectivity index (χ2v) is 8.01. The quantitative estimate of drug-likeness (QED) is 0.699. The Morgan fingerprint density at radius 1 is 1.07 bits per heavy atom. The van der Waals surface area contributed by atoms with E-state index in [0.29, 0.717) is 30.7 Å². The molecule has 1 aliphatic carbocycles. The fraction of sp³-hybridized carbons (Fsp3) is 0.478. The third-order valence-corrected chi connectivity index (χ3v) is 6.08. The molecule has 0 radical (unpaired) electrons. The smallest absolute Gasteiger partial charge is 0.131 e. The van der Waals surface area contributed by atoms with E-state index in [1.807, 2.05) is 13.8 Å². The van der Waals surface area contributed by atoms with Crippen LogP contribution in [-0.2, 0) is 6.42 Å². The first-order chi connectivity index (χ1) is 13.5. The van der Waals surface area contributed by atoms with Gasteiger partial charge >= 0.3 is 0 Å². The van der Waals surface area contributed by atoms with E-state index in [-0.39, 0.29) is 18.2 Å². The summed E-state index contributed by atoms with van der Waals surface area (Å²) in [4.78, 5) is 0. The van der Waals surface area contributed by atoms with Gasteiger partial charge in [-0.15, -0.1) is 12.4 Å². The molecule has 29 heavy (non-hydrogen) atoms. The molecule has 2 aromatic rings. The second kappa shape index (κ2) is 8.90. The van der Waals surface area contributed by atoms with Crippen molar-refractivity contribution in [2.24, 2.45) is 11.1 Å². The average molecular weight is 421 g/mol. The summed E-state index contributed by atoms with van der Waals surface area (Å²) in [6, 6.07) is 11.5. The van der Waals surface area contributed by atoms with Gasteiger partial charge in [-0.05, 0) is 68.5 Å². The summed E-state index contributed by atoms with van der Waals surface area (Å²) >= 11 is 0. The van der Waals surface area contributed by atoms with E-state index in [2.05, 4.69) is 17.4 Å². The molecule has 2 fully saturated rings. The largest absolute Gasteiger partial charge is 0.493 e. The van der Waals surface area contributed by atoms with Crippen molar-refractivity contribution in [1.29, 1.82) is 0 Å². The van der Waals surface area contributed by atoms with Gasteiger partial charge in [-0.3, -0.25) is 0 Å².